The monoisotopic (exact) mass is 355 g/mol. The average molecular weight is 355 g/mol. The third-order valence-corrected chi connectivity index (χ3v) is 3.35. The predicted molar refractivity (Wildman–Crippen MR) is 79.8 cm³/mol. The second-order valence-electron chi connectivity index (χ2n) is 5.30. The first-order valence-electron chi connectivity index (χ1n) is 7.73. The molecule has 1 atom stereocenters. The lowest BCUT2D eigenvalue weighted by Gasteiger charge is -2.28. The van der Waals surface area contributed by atoms with Crippen molar-refractivity contribution in [1.29, 1.82) is 0 Å². The van der Waals surface area contributed by atoms with E-state index in [4.69, 9.17) is 16.6 Å². The minimum Gasteiger partial charge on any atom is -0.480 e. The van der Waals surface area contributed by atoms with Crippen molar-refractivity contribution >= 4 is 17.8 Å². The van der Waals surface area contributed by atoms with E-state index in [1.54, 1.807) is 0 Å². The van der Waals surface area contributed by atoms with Gasteiger partial charge in [-0.2, -0.15) is 13.2 Å². The van der Waals surface area contributed by atoms with Gasteiger partial charge in [-0.25, -0.2) is 4.79 Å². The van der Waals surface area contributed by atoms with Crippen LogP contribution in [0.3, 0.4) is 0 Å². The molecule has 0 saturated heterocycles. The van der Waals surface area contributed by atoms with Gasteiger partial charge in [-0.05, 0) is 45.2 Å². The SMILES string of the molecule is NCCCCCC(=O)N(C(=O)C(F)(F)F)[C@@H](CCCCN)C(=O)O. The van der Waals surface area contributed by atoms with E-state index < -0.39 is 30.0 Å². The molecular weight excluding hydrogens is 331 g/mol. The number of nitrogens with zero attached hydrogens (tertiary/aromatic N) is 1. The normalized spacial score (nSPS) is 12.7. The Balaban J connectivity index is 5.23. The van der Waals surface area contributed by atoms with Crippen molar-refractivity contribution in [3.63, 3.8) is 0 Å². The number of amides is 2. The van der Waals surface area contributed by atoms with Crippen molar-refractivity contribution in [1.82, 2.24) is 4.90 Å². The van der Waals surface area contributed by atoms with E-state index in [9.17, 15) is 27.6 Å². The second-order valence-corrected chi connectivity index (χ2v) is 5.30. The average Bonchev–Trinajstić information content (AvgIpc) is 2.49. The van der Waals surface area contributed by atoms with E-state index in [1.807, 2.05) is 0 Å². The van der Waals surface area contributed by atoms with Gasteiger partial charge in [-0.1, -0.05) is 6.42 Å². The molecule has 0 aromatic carbocycles. The van der Waals surface area contributed by atoms with Gasteiger partial charge in [0, 0.05) is 6.42 Å². The Morgan fingerprint density at radius 2 is 1.50 bits per heavy atom. The van der Waals surface area contributed by atoms with Crippen molar-refractivity contribution in [2.75, 3.05) is 13.1 Å². The maximum Gasteiger partial charge on any atom is 0.471 e. The Morgan fingerprint density at radius 3 is 1.96 bits per heavy atom. The van der Waals surface area contributed by atoms with Gasteiger partial charge in [0.15, 0.2) is 0 Å². The van der Waals surface area contributed by atoms with Crippen LogP contribution < -0.4 is 11.5 Å². The highest BCUT2D eigenvalue weighted by Gasteiger charge is 2.48. The summed E-state index contributed by atoms with van der Waals surface area (Å²) in [6, 6.07) is -1.85. The van der Waals surface area contributed by atoms with E-state index in [-0.39, 0.29) is 37.1 Å². The number of hydrogen-bond acceptors (Lipinski definition) is 5. The summed E-state index contributed by atoms with van der Waals surface area (Å²) in [5.74, 6) is -5.25. The fraction of sp³-hybridized carbons (Fsp3) is 0.786. The maximum absolute atomic E-state index is 12.7. The van der Waals surface area contributed by atoms with Crippen molar-refractivity contribution in [2.45, 2.75) is 57.2 Å². The molecular formula is C14H24F3N3O4. The number of hydrogen-bond donors (Lipinski definition) is 3. The number of rotatable bonds is 11. The number of carboxylic acids is 1. The molecule has 0 aliphatic carbocycles. The van der Waals surface area contributed by atoms with E-state index in [0.29, 0.717) is 25.8 Å². The molecule has 0 rings (SSSR count). The number of carbonyl (C=O) groups is 3. The Bertz CT molecular complexity index is 430. The number of carbonyl (C=O) groups excluding carboxylic acids is 2. The number of imide groups is 1. The predicted octanol–water partition coefficient (Wildman–Crippen LogP) is 1.01. The summed E-state index contributed by atoms with van der Waals surface area (Å²) in [6.07, 6.45) is -4.06. The summed E-state index contributed by atoms with van der Waals surface area (Å²) in [6.45, 7) is 0.600. The van der Waals surface area contributed by atoms with Crippen LogP contribution in [0.25, 0.3) is 0 Å². The van der Waals surface area contributed by atoms with Crippen LogP contribution in [-0.2, 0) is 14.4 Å². The smallest absolute Gasteiger partial charge is 0.471 e. The standard InChI is InChI=1S/C14H24F3N3O4/c15-14(16,17)13(24)20(11(21)7-2-1-4-8-18)10(12(22)23)6-3-5-9-19/h10H,1-9,18-19H2,(H,22,23)/t10-/m0/s1. The van der Waals surface area contributed by atoms with Crippen molar-refractivity contribution in [2.24, 2.45) is 11.5 Å². The molecule has 0 fully saturated rings. The number of halogens is 3. The Morgan fingerprint density at radius 1 is 0.958 bits per heavy atom. The molecule has 0 aliphatic rings. The Hall–Kier alpha value is -1.68. The maximum atomic E-state index is 12.7. The molecule has 7 nitrogen and oxygen atoms in total. The minimum absolute atomic E-state index is 0.165. The van der Waals surface area contributed by atoms with Crippen molar-refractivity contribution in [3.05, 3.63) is 0 Å². The van der Waals surface area contributed by atoms with E-state index in [2.05, 4.69) is 0 Å². The van der Waals surface area contributed by atoms with Crippen LogP contribution in [0.5, 0.6) is 0 Å². The molecule has 0 radical (unpaired) electrons. The molecule has 10 heteroatoms. The second kappa shape index (κ2) is 11.0. The van der Waals surface area contributed by atoms with Crippen LogP contribution in [0.15, 0.2) is 0 Å². The zero-order valence-corrected chi connectivity index (χ0v) is 13.3. The molecule has 0 saturated carbocycles. The van der Waals surface area contributed by atoms with E-state index in [1.165, 1.54) is 0 Å². The highest BCUT2D eigenvalue weighted by molar-refractivity contribution is 6.01. The first kappa shape index (κ1) is 22.3. The van der Waals surface area contributed by atoms with Crippen LogP contribution in [-0.4, -0.2) is 53.1 Å². The zero-order chi connectivity index (χ0) is 18.8. The van der Waals surface area contributed by atoms with Gasteiger partial charge in [0.2, 0.25) is 5.91 Å². The van der Waals surface area contributed by atoms with Crippen LogP contribution in [0, 0.1) is 0 Å². The highest BCUT2D eigenvalue weighted by Crippen LogP contribution is 2.23. The molecule has 24 heavy (non-hydrogen) atoms. The molecule has 0 spiro atoms. The van der Waals surface area contributed by atoms with Crippen LogP contribution in [0.1, 0.15) is 44.9 Å². The Kier molecular flexibility index (Phi) is 10.2. The number of unbranched alkanes of at least 4 members (excludes halogenated alkanes) is 3. The lowest BCUT2D eigenvalue weighted by Crippen LogP contribution is -2.53. The number of alkyl halides is 3. The minimum atomic E-state index is -5.32. The van der Waals surface area contributed by atoms with E-state index >= 15 is 0 Å². The number of aliphatic carboxylic acids is 1. The summed E-state index contributed by atoms with van der Waals surface area (Å²) in [7, 11) is 0. The largest absolute Gasteiger partial charge is 0.480 e. The van der Waals surface area contributed by atoms with E-state index in [0.717, 1.165) is 0 Å². The summed E-state index contributed by atoms with van der Waals surface area (Å²) < 4.78 is 38.2. The molecule has 5 N–H and O–H groups in total. The summed E-state index contributed by atoms with van der Waals surface area (Å²) in [5, 5.41) is 9.15. The van der Waals surface area contributed by atoms with Gasteiger partial charge in [0.25, 0.3) is 0 Å². The summed E-state index contributed by atoms with van der Waals surface area (Å²) in [4.78, 5) is 34.7. The van der Waals surface area contributed by atoms with Gasteiger partial charge in [-0.15, -0.1) is 0 Å². The number of nitrogens with two attached hydrogens (primary N) is 2. The topological polar surface area (TPSA) is 127 Å². The lowest BCUT2D eigenvalue weighted by molar-refractivity contribution is -0.192. The fourth-order valence-electron chi connectivity index (χ4n) is 2.13. The van der Waals surface area contributed by atoms with Gasteiger partial charge in [0.1, 0.15) is 6.04 Å². The van der Waals surface area contributed by atoms with Gasteiger partial charge < -0.3 is 16.6 Å². The quantitative estimate of drug-likeness (QED) is 0.475. The lowest BCUT2D eigenvalue weighted by atomic mass is 10.1. The van der Waals surface area contributed by atoms with Gasteiger partial charge in [0.05, 0.1) is 0 Å². The molecule has 0 aromatic heterocycles. The van der Waals surface area contributed by atoms with Crippen molar-refractivity contribution in [3.8, 4) is 0 Å². The Labute approximate surface area is 138 Å². The van der Waals surface area contributed by atoms with Gasteiger partial charge in [-0.3, -0.25) is 14.5 Å². The summed E-state index contributed by atoms with van der Waals surface area (Å²) in [5.41, 5.74) is 10.5. The molecule has 0 aliphatic heterocycles. The van der Waals surface area contributed by atoms with Gasteiger partial charge >= 0.3 is 18.1 Å². The third kappa shape index (κ3) is 7.73. The first-order chi connectivity index (χ1) is 11.2. The molecule has 0 heterocycles. The fourth-order valence-corrected chi connectivity index (χ4v) is 2.13. The molecule has 0 unspecified atom stereocenters. The van der Waals surface area contributed by atoms with Crippen molar-refractivity contribution < 1.29 is 32.7 Å². The molecule has 0 bridgehead atoms. The van der Waals surface area contributed by atoms with Crippen LogP contribution in [0.4, 0.5) is 13.2 Å². The zero-order valence-electron chi connectivity index (χ0n) is 13.3. The third-order valence-electron chi connectivity index (χ3n) is 3.35. The highest BCUT2D eigenvalue weighted by atomic mass is 19.4. The molecule has 0 aromatic rings. The molecule has 140 valence electrons. The first-order valence-corrected chi connectivity index (χ1v) is 7.73. The number of carboxylic acid groups (broad SMARTS) is 1. The van der Waals surface area contributed by atoms with Crippen LogP contribution in [0.2, 0.25) is 0 Å². The molecule has 2 amide bonds. The summed E-state index contributed by atoms with van der Waals surface area (Å²) >= 11 is 0. The van der Waals surface area contributed by atoms with Crippen LogP contribution >= 0.6 is 0 Å².